The fourth-order valence-corrected chi connectivity index (χ4v) is 3.33. The summed E-state index contributed by atoms with van der Waals surface area (Å²) in [7, 11) is 0. The minimum absolute atomic E-state index is 0.284. The molecule has 0 saturated carbocycles. The number of halogens is 1. The molecule has 130 valence electrons. The summed E-state index contributed by atoms with van der Waals surface area (Å²) in [6, 6.07) is 5.26. The van der Waals surface area contributed by atoms with E-state index in [1.54, 1.807) is 18.2 Å². The molecule has 7 heteroatoms. The number of rotatable bonds is 2. The molecule has 0 unspecified atom stereocenters. The number of hydrogen-bond donors (Lipinski definition) is 2. The number of piperidine rings is 1. The van der Waals surface area contributed by atoms with Crippen molar-refractivity contribution >= 4 is 23.6 Å². The van der Waals surface area contributed by atoms with Gasteiger partial charge in [0.15, 0.2) is 0 Å². The van der Waals surface area contributed by atoms with Gasteiger partial charge in [0.05, 0.1) is 11.1 Å². The average molecular weight is 353 g/mol. The molecular formula is C17H21ClN2O4. The van der Waals surface area contributed by atoms with Gasteiger partial charge in [-0.3, -0.25) is 0 Å². The van der Waals surface area contributed by atoms with Crippen molar-refractivity contribution in [3.8, 4) is 0 Å². The molecule has 3 rings (SSSR count). The lowest BCUT2D eigenvalue weighted by molar-refractivity contribution is -0.0215. The van der Waals surface area contributed by atoms with Gasteiger partial charge in [-0.15, -0.1) is 0 Å². The SMILES string of the molecule is CC1(C)COC(c2cc(Cl)ccc2C2(O)CCN(C(=O)O)CC2)=N1. The first-order chi connectivity index (χ1) is 11.2. The molecule has 2 aliphatic heterocycles. The van der Waals surface area contributed by atoms with Crippen LogP contribution in [0.25, 0.3) is 0 Å². The van der Waals surface area contributed by atoms with E-state index >= 15 is 0 Å². The summed E-state index contributed by atoms with van der Waals surface area (Å²) in [6.45, 7) is 4.99. The molecular weight excluding hydrogens is 332 g/mol. The summed E-state index contributed by atoms with van der Waals surface area (Å²) in [5, 5.41) is 20.8. The number of carboxylic acid groups (broad SMARTS) is 1. The van der Waals surface area contributed by atoms with Crippen LogP contribution in [0.4, 0.5) is 4.79 Å². The molecule has 0 radical (unpaired) electrons. The second kappa shape index (κ2) is 5.93. The van der Waals surface area contributed by atoms with Crippen LogP contribution in [0.5, 0.6) is 0 Å². The van der Waals surface area contributed by atoms with Crippen LogP contribution in [-0.4, -0.2) is 52.3 Å². The second-order valence-electron chi connectivity index (χ2n) is 7.01. The number of amides is 1. The average Bonchev–Trinajstić information content (AvgIpc) is 2.87. The Labute approximate surface area is 145 Å². The van der Waals surface area contributed by atoms with Gasteiger partial charge in [0.1, 0.15) is 6.61 Å². The van der Waals surface area contributed by atoms with Crippen molar-refractivity contribution in [1.29, 1.82) is 0 Å². The number of aliphatic imine (C=N–C) groups is 1. The second-order valence-corrected chi connectivity index (χ2v) is 7.45. The molecule has 1 saturated heterocycles. The summed E-state index contributed by atoms with van der Waals surface area (Å²) in [6.07, 6.45) is -0.312. The molecule has 1 aromatic rings. The van der Waals surface area contributed by atoms with Crippen LogP contribution >= 0.6 is 11.6 Å². The van der Waals surface area contributed by atoms with Crippen molar-refractivity contribution in [2.24, 2.45) is 4.99 Å². The van der Waals surface area contributed by atoms with E-state index < -0.39 is 11.7 Å². The van der Waals surface area contributed by atoms with Gasteiger partial charge in [-0.25, -0.2) is 9.79 Å². The Kier molecular flexibility index (Phi) is 4.21. The van der Waals surface area contributed by atoms with E-state index in [1.165, 1.54) is 4.90 Å². The molecule has 0 bridgehead atoms. The molecule has 6 nitrogen and oxygen atoms in total. The first-order valence-electron chi connectivity index (χ1n) is 7.94. The number of hydrogen-bond acceptors (Lipinski definition) is 4. The smallest absolute Gasteiger partial charge is 0.407 e. The number of aliphatic hydroxyl groups is 1. The first kappa shape index (κ1) is 17.0. The van der Waals surface area contributed by atoms with Crippen molar-refractivity contribution in [3.05, 3.63) is 34.3 Å². The van der Waals surface area contributed by atoms with Crippen molar-refractivity contribution in [2.45, 2.75) is 37.8 Å². The van der Waals surface area contributed by atoms with E-state index in [0.29, 0.717) is 41.5 Å². The van der Waals surface area contributed by atoms with Crippen LogP contribution in [0.15, 0.2) is 23.2 Å². The third kappa shape index (κ3) is 3.21. The molecule has 2 N–H and O–H groups in total. The van der Waals surface area contributed by atoms with E-state index in [-0.39, 0.29) is 18.6 Å². The third-order valence-electron chi connectivity index (χ3n) is 4.54. The molecule has 1 fully saturated rings. The highest BCUT2D eigenvalue weighted by Gasteiger charge is 2.39. The lowest BCUT2D eigenvalue weighted by Gasteiger charge is -2.38. The van der Waals surface area contributed by atoms with Crippen LogP contribution in [0.1, 0.15) is 37.8 Å². The lowest BCUT2D eigenvalue weighted by atomic mass is 9.82. The molecule has 2 aliphatic rings. The first-order valence-corrected chi connectivity index (χ1v) is 8.31. The third-order valence-corrected chi connectivity index (χ3v) is 4.78. The van der Waals surface area contributed by atoms with Gasteiger partial charge in [-0.05, 0) is 44.4 Å². The Morgan fingerprint density at radius 3 is 2.54 bits per heavy atom. The maximum absolute atomic E-state index is 11.1. The zero-order valence-corrected chi connectivity index (χ0v) is 14.5. The zero-order valence-electron chi connectivity index (χ0n) is 13.8. The monoisotopic (exact) mass is 352 g/mol. The molecule has 0 atom stereocenters. The molecule has 24 heavy (non-hydrogen) atoms. The van der Waals surface area contributed by atoms with Crippen LogP contribution in [0.2, 0.25) is 5.02 Å². The van der Waals surface area contributed by atoms with Crippen molar-refractivity contribution in [3.63, 3.8) is 0 Å². The summed E-state index contributed by atoms with van der Waals surface area (Å²) in [4.78, 5) is 17.0. The van der Waals surface area contributed by atoms with Crippen LogP contribution in [0, 0.1) is 0 Å². The quantitative estimate of drug-likeness (QED) is 0.857. The molecule has 0 spiro atoms. The van der Waals surface area contributed by atoms with Crippen LogP contribution < -0.4 is 0 Å². The van der Waals surface area contributed by atoms with E-state index in [9.17, 15) is 9.90 Å². The highest BCUT2D eigenvalue weighted by atomic mass is 35.5. The van der Waals surface area contributed by atoms with Crippen molar-refractivity contribution < 1.29 is 19.7 Å². The van der Waals surface area contributed by atoms with Crippen LogP contribution in [-0.2, 0) is 10.3 Å². The van der Waals surface area contributed by atoms with Gasteiger partial charge in [-0.1, -0.05) is 17.7 Å². The standard InChI is InChI=1S/C17H21ClN2O4/c1-16(2)10-24-14(19-16)12-9-11(18)3-4-13(12)17(23)5-7-20(8-6-17)15(21)22/h3-4,9,23H,5-8,10H2,1-2H3,(H,21,22). The number of benzene rings is 1. The minimum atomic E-state index is -1.12. The predicted molar refractivity (Wildman–Crippen MR) is 90.7 cm³/mol. The van der Waals surface area contributed by atoms with E-state index in [2.05, 4.69) is 4.99 Å². The summed E-state index contributed by atoms with van der Waals surface area (Å²) >= 11 is 6.14. The zero-order chi connectivity index (χ0) is 17.5. The lowest BCUT2D eigenvalue weighted by Crippen LogP contribution is -2.45. The number of carbonyl (C=O) groups is 1. The normalized spacial score (nSPS) is 22.0. The van der Waals surface area contributed by atoms with Crippen molar-refractivity contribution in [1.82, 2.24) is 4.90 Å². The number of nitrogens with zero attached hydrogens (tertiary/aromatic N) is 2. The Morgan fingerprint density at radius 1 is 1.33 bits per heavy atom. The largest absolute Gasteiger partial charge is 0.475 e. The number of likely N-dealkylation sites (tertiary alicyclic amines) is 1. The van der Waals surface area contributed by atoms with E-state index in [4.69, 9.17) is 21.4 Å². The Morgan fingerprint density at radius 2 is 2.00 bits per heavy atom. The van der Waals surface area contributed by atoms with Gasteiger partial charge in [0.25, 0.3) is 0 Å². The highest BCUT2D eigenvalue weighted by Crippen LogP contribution is 2.37. The van der Waals surface area contributed by atoms with Gasteiger partial charge in [0, 0.05) is 23.7 Å². The summed E-state index contributed by atoms with van der Waals surface area (Å²) in [5.41, 5.74) is -0.0675. The Bertz CT molecular complexity index is 694. The number of ether oxygens (including phenoxy) is 1. The summed E-state index contributed by atoms with van der Waals surface area (Å²) in [5.74, 6) is 0.478. The van der Waals surface area contributed by atoms with Crippen LogP contribution in [0.3, 0.4) is 0 Å². The summed E-state index contributed by atoms with van der Waals surface area (Å²) < 4.78 is 5.72. The predicted octanol–water partition coefficient (Wildman–Crippen LogP) is 2.86. The topological polar surface area (TPSA) is 82.4 Å². The molecule has 1 amide bonds. The maximum atomic E-state index is 11.1. The van der Waals surface area contributed by atoms with Gasteiger partial charge >= 0.3 is 6.09 Å². The van der Waals surface area contributed by atoms with Gasteiger partial charge in [0.2, 0.25) is 5.90 Å². The van der Waals surface area contributed by atoms with E-state index in [1.807, 2.05) is 13.8 Å². The van der Waals surface area contributed by atoms with E-state index in [0.717, 1.165) is 0 Å². The maximum Gasteiger partial charge on any atom is 0.407 e. The Hall–Kier alpha value is -1.79. The Balaban J connectivity index is 1.96. The van der Waals surface area contributed by atoms with Gasteiger partial charge in [-0.2, -0.15) is 0 Å². The van der Waals surface area contributed by atoms with Crippen molar-refractivity contribution in [2.75, 3.05) is 19.7 Å². The minimum Gasteiger partial charge on any atom is -0.475 e. The molecule has 0 aliphatic carbocycles. The van der Waals surface area contributed by atoms with Gasteiger partial charge < -0.3 is 19.8 Å². The highest BCUT2D eigenvalue weighted by molar-refractivity contribution is 6.31. The molecule has 1 aromatic carbocycles. The molecule has 2 heterocycles. The fraction of sp³-hybridized carbons (Fsp3) is 0.529. The fourth-order valence-electron chi connectivity index (χ4n) is 3.16. The molecule has 0 aromatic heterocycles.